The molecule has 5 nitrogen and oxygen atoms in total. The van der Waals surface area contributed by atoms with Crippen LogP contribution in [0.4, 0.5) is 19.2 Å². The maximum atomic E-state index is 12.8. The first-order chi connectivity index (χ1) is 10.4. The summed E-state index contributed by atoms with van der Waals surface area (Å²) in [6, 6.07) is 7.23. The first-order valence-corrected chi connectivity index (χ1v) is 6.49. The molecule has 1 aromatic carbocycles. The molecule has 1 N–H and O–H groups in total. The average Bonchev–Trinajstić information content (AvgIpc) is 2.92. The Morgan fingerprint density at radius 3 is 2.55 bits per heavy atom. The summed E-state index contributed by atoms with van der Waals surface area (Å²) in [5, 5.41) is 8.85. The van der Waals surface area contributed by atoms with Crippen LogP contribution < -0.4 is 4.90 Å². The van der Waals surface area contributed by atoms with Crippen LogP contribution in [0.25, 0.3) is 0 Å². The van der Waals surface area contributed by atoms with Gasteiger partial charge in [-0.3, -0.25) is 0 Å². The number of aromatic carboxylic acids is 1. The molecule has 0 saturated heterocycles. The summed E-state index contributed by atoms with van der Waals surface area (Å²) in [5.74, 6) is -2.97. The third kappa shape index (κ3) is 2.51. The van der Waals surface area contributed by atoms with Gasteiger partial charge in [-0.05, 0) is 17.5 Å². The fourth-order valence-corrected chi connectivity index (χ4v) is 2.44. The molecule has 3 rings (SSSR count). The minimum atomic E-state index is -4.87. The lowest BCUT2D eigenvalue weighted by atomic mass is 10.0. The van der Waals surface area contributed by atoms with Crippen molar-refractivity contribution in [2.45, 2.75) is 19.1 Å². The van der Waals surface area contributed by atoms with Crippen LogP contribution in [-0.4, -0.2) is 22.6 Å². The Morgan fingerprint density at radius 2 is 1.95 bits per heavy atom. The SMILES string of the molecule is O=C(O)c1oc(N2CCc3ccccc3C2)nc1C(F)(F)F. The molecular weight excluding hydrogens is 301 g/mol. The number of hydrogen-bond acceptors (Lipinski definition) is 4. The van der Waals surface area contributed by atoms with Gasteiger partial charge in [-0.15, -0.1) is 0 Å². The number of halogens is 3. The van der Waals surface area contributed by atoms with E-state index in [0.717, 1.165) is 11.1 Å². The average molecular weight is 312 g/mol. The normalized spacial score (nSPS) is 14.8. The summed E-state index contributed by atoms with van der Waals surface area (Å²) >= 11 is 0. The second kappa shape index (κ2) is 5.04. The molecule has 2 heterocycles. The number of hydrogen-bond donors (Lipinski definition) is 1. The summed E-state index contributed by atoms with van der Waals surface area (Å²) in [4.78, 5) is 15.8. The Morgan fingerprint density at radius 1 is 1.27 bits per heavy atom. The molecule has 1 aliphatic heterocycles. The van der Waals surface area contributed by atoms with Crippen molar-refractivity contribution in [3.8, 4) is 0 Å². The van der Waals surface area contributed by atoms with Gasteiger partial charge in [0.1, 0.15) is 0 Å². The molecule has 0 saturated carbocycles. The van der Waals surface area contributed by atoms with E-state index in [0.29, 0.717) is 19.5 Å². The zero-order valence-corrected chi connectivity index (χ0v) is 11.2. The van der Waals surface area contributed by atoms with Gasteiger partial charge in [0.25, 0.3) is 6.01 Å². The molecule has 1 aliphatic rings. The second-order valence-corrected chi connectivity index (χ2v) is 4.92. The number of benzene rings is 1. The van der Waals surface area contributed by atoms with E-state index in [9.17, 15) is 18.0 Å². The van der Waals surface area contributed by atoms with Crippen molar-refractivity contribution in [2.75, 3.05) is 11.4 Å². The van der Waals surface area contributed by atoms with Crippen LogP contribution in [0.15, 0.2) is 28.7 Å². The molecule has 0 amide bonds. The zero-order chi connectivity index (χ0) is 15.9. The fraction of sp³-hybridized carbons (Fsp3) is 0.286. The van der Waals surface area contributed by atoms with E-state index in [1.807, 2.05) is 24.3 Å². The van der Waals surface area contributed by atoms with E-state index in [2.05, 4.69) is 4.98 Å². The highest BCUT2D eigenvalue weighted by Gasteiger charge is 2.42. The van der Waals surface area contributed by atoms with Crippen LogP contribution in [-0.2, 0) is 19.1 Å². The van der Waals surface area contributed by atoms with Gasteiger partial charge in [0.05, 0.1) is 0 Å². The van der Waals surface area contributed by atoms with Gasteiger partial charge in [0.15, 0.2) is 5.69 Å². The van der Waals surface area contributed by atoms with Gasteiger partial charge in [0.2, 0.25) is 5.76 Å². The Labute approximate surface area is 123 Å². The summed E-state index contributed by atoms with van der Waals surface area (Å²) in [6.07, 6.45) is -4.24. The van der Waals surface area contributed by atoms with Crippen LogP contribution in [0.2, 0.25) is 0 Å². The Bertz CT molecular complexity index is 724. The smallest absolute Gasteiger partial charge is 0.437 e. The predicted molar refractivity (Wildman–Crippen MR) is 69.7 cm³/mol. The molecular formula is C14H11F3N2O3. The molecule has 0 unspecified atom stereocenters. The molecule has 22 heavy (non-hydrogen) atoms. The highest BCUT2D eigenvalue weighted by Crippen LogP contribution is 2.35. The highest BCUT2D eigenvalue weighted by atomic mass is 19.4. The summed E-state index contributed by atoms with van der Waals surface area (Å²) < 4.78 is 43.3. The predicted octanol–water partition coefficient (Wildman–Crippen LogP) is 2.95. The van der Waals surface area contributed by atoms with E-state index >= 15 is 0 Å². The maximum absolute atomic E-state index is 12.8. The van der Waals surface area contributed by atoms with Crippen LogP contribution in [0, 0.1) is 0 Å². The number of anilines is 1. The largest absolute Gasteiger partial charge is 0.475 e. The monoisotopic (exact) mass is 312 g/mol. The van der Waals surface area contributed by atoms with Crippen molar-refractivity contribution >= 4 is 12.0 Å². The molecule has 1 aromatic heterocycles. The standard InChI is InChI=1S/C14H11F3N2O3/c15-14(16,17)11-10(12(20)21)22-13(18-11)19-6-5-8-3-1-2-4-9(8)7-19/h1-4H,5-7H2,(H,20,21). The fourth-order valence-electron chi connectivity index (χ4n) is 2.44. The Hall–Kier alpha value is -2.51. The van der Waals surface area contributed by atoms with Crippen LogP contribution in [0.1, 0.15) is 27.4 Å². The van der Waals surface area contributed by atoms with Crippen molar-refractivity contribution < 1.29 is 27.5 Å². The van der Waals surface area contributed by atoms with E-state index in [1.165, 1.54) is 4.90 Å². The van der Waals surface area contributed by atoms with Crippen LogP contribution in [0.5, 0.6) is 0 Å². The number of carbonyl (C=O) groups is 1. The molecule has 0 fully saturated rings. The van der Waals surface area contributed by atoms with E-state index < -0.39 is 23.6 Å². The molecule has 0 spiro atoms. The quantitative estimate of drug-likeness (QED) is 0.923. The number of alkyl halides is 3. The van der Waals surface area contributed by atoms with E-state index in [4.69, 9.17) is 9.52 Å². The number of rotatable bonds is 2. The molecule has 0 bridgehead atoms. The first-order valence-electron chi connectivity index (χ1n) is 6.49. The molecule has 0 radical (unpaired) electrons. The minimum absolute atomic E-state index is 0.320. The number of fused-ring (bicyclic) bond motifs is 1. The third-order valence-electron chi connectivity index (χ3n) is 3.48. The molecule has 116 valence electrons. The van der Waals surface area contributed by atoms with Crippen molar-refractivity contribution in [3.05, 3.63) is 46.8 Å². The molecule has 2 aromatic rings. The van der Waals surface area contributed by atoms with Gasteiger partial charge in [-0.25, -0.2) is 4.79 Å². The van der Waals surface area contributed by atoms with Gasteiger partial charge in [-0.1, -0.05) is 24.3 Å². The van der Waals surface area contributed by atoms with Crippen molar-refractivity contribution in [1.82, 2.24) is 4.98 Å². The third-order valence-corrected chi connectivity index (χ3v) is 3.48. The lowest BCUT2D eigenvalue weighted by Crippen LogP contribution is -2.30. The summed E-state index contributed by atoms with van der Waals surface area (Å²) in [7, 11) is 0. The Balaban J connectivity index is 1.95. The highest BCUT2D eigenvalue weighted by molar-refractivity contribution is 5.86. The van der Waals surface area contributed by atoms with Crippen LogP contribution >= 0.6 is 0 Å². The summed E-state index contributed by atoms with van der Waals surface area (Å²) in [6.45, 7) is 0.737. The van der Waals surface area contributed by atoms with Gasteiger partial charge >= 0.3 is 12.1 Å². The van der Waals surface area contributed by atoms with Crippen molar-refractivity contribution in [3.63, 3.8) is 0 Å². The number of aromatic nitrogens is 1. The summed E-state index contributed by atoms with van der Waals surface area (Å²) in [5.41, 5.74) is 0.561. The molecule has 0 atom stereocenters. The van der Waals surface area contributed by atoms with Crippen LogP contribution in [0.3, 0.4) is 0 Å². The van der Waals surface area contributed by atoms with E-state index in [-0.39, 0.29) is 6.01 Å². The number of carboxylic acids is 1. The number of carboxylic acid groups (broad SMARTS) is 1. The van der Waals surface area contributed by atoms with Gasteiger partial charge < -0.3 is 14.4 Å². The van der Waals surface area contributed by atoms with Gasteiger partial charge in [0, 0.05) is 13.1 Å². The molecule has 0 aliphatic carbocycles. The van der Waals surface area contributed by atoms with Crippen molar-refractivity contribution in [1.29, 1.82) is 0 Å². The zero-order valence-electron chi connectivity index (χ0n) is 11.2. The first kappa shape index (κ1) is 14.4. The van der Waals surface area contributed by atoms with Crippen molar-refractivity contribution in [2.24, 2.45) is 0 Å². The lowest BCUT2D eigenvalue weighted by Gasteiger charge is -2.27. The molecule has 8 heteroatoms. The topological polar surface area (TPSA) is 66.6 Å². The van der Waals surface area contributed by atoms with Gasteiger partial charge in [-0.2, -0.15) is 18.2 Å². The maximum Gasteiger partial charge on any atom is 0.437 e. The minimum Gasteiger partial charge on any atom is -0.475 e. The number of oxazole rings is 1. The number of nitrogens with zero attached hydrogens (tertiary/aromatic N) is 2. The van der Waals surface area contributed by atoms with E-state index in [1.54, 1.807) is 0 Å². The Kier molecular flexibility index (Phi) is 3.31. The second-order valence-electron chi connectivity index (χ2n) is 4.92. The lowest BCUT2D eigenvalue weighted by molar-refractivity contribution is -0.141.